The summed E-state index contributed by atoms with van der Waals surface area (Å²) in [6.07, 6.45) is 96.7. The first-order valence-electron chi connectivity index (χ1n) is 40.5. The van der Waals surface area contributed by atoms with Crippen molar-refractivity contribution in [1.29, 1.82) is 0 Å². The summed E-state index contributed by atoms with van der Waals surface area (Å²) >= 11 is 0. The molecule has 0 bridgehead atoms. The van der Waals surface area contributed by atoms with Gasteiger partial charge in [0.05, 0.1) is 34.4 Å². The molecular formula is C84H156NO8+. The molecule has 0 aliphatic carbocycles. The molecule has 0 heterocycles. The number of hydrogen-bond acceptors (Lipinski definition) is 7. The fourth-order valence-corrected chi connectivity index (χ4v) is 12.1. The number of allylic oxidation sites excluding steroid dienone is 10. The van der Waals surface area contributed by atoms with Crippen LogP contribution in [0.15, 0.2) is 60.8 Å². The molecule has 2 atom stereocenters. The molecule has 0 saturated carbocycles. The number of hydrogen-bond donors (Lipinski definition) is 1. The van der Waals surface area contributed by atoms with E-state index < -0.39 is 18.4 Å². The van der Waals surface area contributed by atoms with Gasteiger partial charge in [-0.15, -0.1) is 0 Å². The molecule has 544 valence electrons. The number of carboxylic acid groups (broad SMARTS) is 1. The van der Waals surface area contributed by atoms with Crippen molar-refractivity contribution in [2.24, 2.45) is 0 Å². The predicted molar refractivity (Wildman–Crippen MR) is 401 cm³/mol. The Kier molecular flexibility index (Phi) is 72.4. The van der Waals surface area contributed by atoms with Crippen molar-refractivity contribution in [3.63, 3.8) is 0 Å². The number of carbonyl (C=O) groups is 3. The summed E-state index contributed by atoms with van der Waals surface area (Å²) in [5.74, 6) is -1.98. The first-order chi connectivity index (χ1) is 45.6. The van der Waals surface area contributed by atoms with E-state index >= 15 is 0 Å². The second-order valence-electron chi connectivity index (χ2n) is 28.7. The molecule has 0 radical (unpaired) electrons. The van der Waals surface area contributed by atoms with Crippen molar-refractivity contribution < 1.29 is 42.9 Å². The molecule has 0 aliphatic rings. The van der Waals surface area contributed by atoms with E-state index in [1.165, 1.54) is 315 Å². The second kappa shape index (κ2) is 74.8. The highest BCUT2D eigenvalue weighted by atomic mass is 16.7. The SMILES string of the molecule is CCCCCCC/C=C\C/C=C\C/C=C\CCCCCCCCCCCCCCCCCCC(=O)OC(COC(=O)CCCCCCCCCCCCCCCCCCCCCCCCCCC/C=C\C/C=C\CCCCCCC)COC(OCC[N+](C)(C)C)C(=O)O. The first-order valence-corrected chi connectivity index (χ1v) is 40.5. The number of likely N-dealkylation sites (N-methyl/N-ethyl adjacent to an activating group) is 1. The average Bonchev–Trinajstić information content (AvgIpc) is 3.38. The topological polar surface area (TPSA) is 108 Å². The van der Waals surface area contributed by atoms with Gasteiger partial charge in [-0.2, -0.15) is 0 Å². The summed E-state index contributed by atoms with van der Waals surface area (Å²) < 4.78 is 23.1. The smallest absolute Gasteiger partial charge is 0.361 e. The van der Waals surface area contributed by atoms with Crippen molar-refractivity contribution >= 4 is 17.9 Å². The number of esters is 2. The Morgan fingerprint density at radius 2 is 0.581 bits per heavy atom. The molecule has 9 nitrogen and oxygen atoms in total. The Morgan fingerprint density at radius 3 is 0.860 bits per heavy atom. The lowest BCUT2D eigenvalue weighted by Crippen LogP contribution is -2.40. The molecule has 0 spiro atoms. The molecule has 2 unspecified atom stereocenters. The number of unbranched alkanes of at least 4 members (excludes halogenated alkanes) is 51. The Hall–Kier alpha value is -3.01. The second-order valence-corrected chi connectivity index (χ2v) is 28.7. The van der Waals surface area contributed by atoms with Gasteiger partial charge in [0, 0.05) is 12.8 Å². The zero-order valence-electron chi connectivity index (χ0n) is 62.4. The van der Waals surface area contributed by atoms with Crippen molar-refractivity contribution in [1.82, 2.24) is 0 Å². The Bertz CT molecular complexity index is 1710. The summed E-state index contributed by atoms with van der Waals surface area (Å²) in [6, 6.07) is 0. The molecule has 0 aliphatic heterocycles. The normalized spacial score (nSPS) is 12.9. The predicted octanol–water partition coefficient (Wildman–Crippen LogP) is 25.8. The van der Waals surface area contributed by atoms with Gasteiger partial charge >= 0.3 is 17.9 Å². The summed E-state index contributed by atoms with van der Waals surface area (Å²) in [7, 11) is 6.00. The lowest BCUT2D eigenvalue weighted by atomic mass is 10.0. The molecule has 9 heteroatoms. The Morgan fingerprint density at radius 1 is 0.323 bits per heavy atom. The molecule has 93 heavy (non-hydrogen) atoms. The minimum Gasteiger partial charge on any atom is -0.477 e. The highest BCUT2D eigenvalue weighted by molar-refractivity contribution is 5.71. The van der Waals surface area contributed by atoms with E-state index in [0.29, 0.717) is 17.4 Å². The summed E-state index contributed by atoms with van der Waals surface area (Å²) in [5, 5.41) is 9.77. The van der Waals surface area contributed by atoms with Gasteiger partial charge < -0.3 is 28.5 Å². The van der Waals surface area contributed by atoms with Crippen LogP contribution in [0.3, 0.4) is 0 Å². The monoisotopic (exact) mass is 1310 g/mol. The van der Waals surface area contributed by atoms with Crippen LogP contribution in [0.1, 0.15) is 399 Å². The van der Waals surface area contributed by atoms with Crippen LogP contribution in [0.5, 0.6) is 0 Å². The van der Waals surface area contributed by atoms with E-state index in [2.05, 4.69) is 74.6 Å². The number of carbonyl (C=O) groups excluding carboxylic acids is 2. The molecule has 0 saturated heterocycles. The molecule has 0 aromatic carbocycles. The van der Waals surface area contributed by atoms with Crippen molar-refractivity contribution in [2.45, 2.75) is 411 Å². The van der Waals surface area contributed by atoms with E-state index in [9.17, 15) is 19.5 Å². The third-order valence-electron chi connectivity index (χ3n) is 18.2. The maximum Gasteiger partial charge on any atom is 0.361 e. The zero-order valence-corrected chi connectivity index (χ0v) is 62.4. The van der Waals surface area contributed by atoms with Crippen LogP contribution in [-0.2, 0) is 33.3 Å². The number of rotatable bonds is 76. The largest absolute Gasteiger partial charge is 0.477 e. The van der Waals surface area contributed by atoms with Gasteiger partial charge in [-0.25, -0.2) is 4.79 Å². The van der Waals surface area contributed by atoms with E-state index in [-0.39, 0.29) is 38.2 Å². The van der Waals surface area contributed by atoms with Crippen LogP contribution in [0.25, 0.3) is 0 Å². The Labute approximate surface area is 577 Å². The van der Waals surface area contributed by atoms with E-state index in [1.807, 2.05) is 21.1 Å². The third kappa shape index (κ3) is 76.2. The van der Waals surface area contributed by atoms with Crippen molar-refractivity contribution in [3.05, 3.63) is 60.8 Å². The van der Waals surface area contributed by atoms with Crippen LogP contribution in [0.2, 0.25) is 0 Å². The summed E-state index contributed by atoms with van der Waals surface area (Å²) in [4.78, 5) is 37.7. The van der Waals surface area contributed by atoms with Gasteiger partial charge in [0.15, 0.2) is 6.10 Å². The molecule has 1 N–H and O–H groups in total. The third-order valence-corrected chi connectivity index (χ3v) is 18.2. The minimum absolute atomic E-state index is 0.178. The van der Waals surface area contributed by atoms with Crippen LogP contribution < -0.4 is 0 Å². The summed E-state index contributed by atoms with van der Waals surface area (Å²) in [5.41, 5.74) is 0. The van der Waals surface area contributed by atoms with Crippen LogP contribution in [0.4, 0.5) is 0 Å². The van der Waals surface area contributed by atoms with Gasteiger partial charge in [-0.3, -0.25) is 9.59 Å². The first kappa shape index (κ1) is 90.0. The highest BCUT2D eigenvalue weighted by Crippen LogP contribution is 2.19. The molecule has 0 aromatic heterocycles. The van der Waals surface area contributed by atoms with E-state index in [1.54, 1.807) is 0 Å². The van der Waals surface area contributed by atoms with Crippen LogP contribution in [-0.4, -0.2) is 87.4 Å². The molecule has 0 rings (SSSR count). The van der Waals surface area contributed by atoms with Crippen LogP contribution in [0, 0.1) is 0 Å². The maximum absolute atomic E-state index is 13.0. The lowest BCUT2D eigenvalue weighted by Gasteiger charge is -2.25. The zero-order chi connectivity index (χ0) is 67.5. The van der Waals surface area contributed by atoms with Gasteiger partial charge in [0.25, 0.3) is 6.29 Å². The van der Waals surface area contributed by atoms with Crippen LogP contribution >= 0.6 is 0 Å². The van der Waals surface area contributed by atoms with Gasteiger partial charge in [0.1, 0.15) is 13.2 Å². The molecule has 0 fully saturated rings. The number of quaternary nitrogens is 1. The van der Waals surface area contributed by atoms with Gasteiger partial charge in [-0.05, 0) is 83.5 Å². The molecular weight excluding hydrogens is 1150 g/mol. The standard InChI is InChI=1S/C84H155NO8/c1-6-8-10-12-14-16-18-20-22-24-26-28-30-32-34-36-38-39-40-41-42-43-45-46-48-50-52-54-56-58-60-62-64-66-68-70-72-74-81(86)91-78-80(79-92-84(83(88)89)90-77-76-85(3,4)5)93-82(87)75-73-71-69-67-65-63-61-59-57-55-53-51-49-47-44-37-35-33-31-29-27-25-23-21-19-17-15-13-11-9-7-2/h18-21,24-27,31,33,80,84H,6-17,22-23,28-30,32,34-79H2,1-5H3/p+1/b20-18-,21-19-,26-24-,27-25-,33-31-. The number of ether oxygens (including phenoxy) is 4. The van der Waals surface area contributed by atoms with Gasteiger partial charge in [0.2, 0.25) is 0 Å². The van der Waals surface area contributed by atoms with Crippen molar-refractivity contribution in [3.8, 4) is 0 Å². The maximum atomic E-state index is 13.0. The Balaban J connectivity index is 3.97. The average molecular weight is 1310 g/mol. The van der Waals surface area contributed by atoms with E-state index in [0.717, 1.165) is 57.8 Å². The quantitative estimate of drug-likeness (QED) is 0.0211. The van der Waals surface area contributed by atoms with Gasteiger partial charge in [-0.1, -0.05) is 364 Å². The fourth-order valence-electron chi connectivity index (χ4n) is 12.1. The summed E-state index contributed by atoms with van der Waals surface area (Å²) in [6.45, 7) is 4.92. The highest BCUT2D eigenvalue weighted by Gasteiger charge is 2.25. The molecule has 0 aromatic rings. The number of nitrogens with zero attached hydrogens (tertiary/aromatic N) is 1. The lowest BCUT2D eigenvalue weighted by molar-refractivity contribution is -0.870. The van der Waals surface area contributed by atoms with Crippen molar-refractivity contribution in [2.75, 3.05) is 47.5 Å². The minimum atomic E-state index is -1.51. The molecule has 0 amide bonds. The van der Waals surface area contributed by atoms with E-state index in [4.69, 9.17) is 18.9 Å². The number of carboxylic acids is 1. The fraction of sp³-hybridized carbons (Fsp3) is 0.845. The number of aliphatic carboxylic acids is 1.